The van der Waals surface area contributed by atoms with E-state index in [2.05, 4.69) is 13.2 Å². The van der Waals surface area contributed by atoms with Crippen LogP contribution in [0.3, 0.4) is 0 Å². The topological polar surface area (TPSA) is 26.3 Å². The smallest absolute Gasteiger partial charge is 0.153 e. The lowest BCUT2D eigenvalue weighted by Gasteiger charge is -2.01. The highest BCUT2D eigenvalue weighted by atomic mass is 35.5. The summed E-state index contributed by atoms with van der Waals surface area (Å²) in [6.07, 6.45) is 2.00. The van der Waals surface area contributed by atoms with Gasteiger partial charge in [-0.25, -0.2) is 0 Å². The number of hydrogen-bond donors (Lipinski definition) is 0. The van der Waals surface area contributed by atoms with Gasteiger partial charge in [0.15, 0.2) is 6.29 Å². The number of hydrogen-bond acceptors (Lipinski definition) is 2. The summed E-state index contributed by atoms with van der Waals surface area (Å²) >= 11 is 5.43. The van der Waals surface area contributed by atoms with Gasteiger partial charge in [0.05, 0.1) is 12.7 Å². The summed E-state index contributed by atoms with van der Waals surface area (Å²) in [5, 5.41) is 0.269. The molecule has 0 saturated carbocycles. The Bertz CT molecular complexity index is 216. The van der Waals surface area contributed by atoms with Crippen molar-refractivity contribution in [1.82, 2.24) is 0 Å². The molecular formula is C8H9ClO2. The second-order valence-electron chi connectivity index (χ2n) is 1.79. The Kier molecular flexibility index (Phi) is 4.30. The second kappa shape index (κ2) is 4.74. The van der Waals surface area contributed by atoms with Crippen molar-refractivity contribution in [3.63, 3.8) is 0 Å². The van der Waals surface area contributed by atoms with Crippen molar-refractivity contribution < 1.29 is 9.53 Å². The van der Waals surface area contributed by atoms with Crippen LogP contribution in [0.2, 0.25) is 0 Å². The molecule has 0 rings (SSSR count). The van der Waals surface area contributed by atoms with Crippen LogP contribution in [0.15, 0.2) is 35.6 Å². The molecular weight excluding hydrogens is 164 g/mol. The maximum atomic E-state index is 10.3. The molecule has 0 aliphatic carbocycles. The summed E-state index contributed by atoms with van der Waals surface area (Å²) in [6.45, 7) is 6.87. The summed E-state index contributed by atoms with van der Waals surface area (Å²) in [6, 6.07) is 0. The maximum absolute atomic E-state index is 10.3. The van der Waals surface area contributed by atoms with Gasteiger partial charge in [-0.1, -0.05) is 24.8 Å². The van der Waals surface area contributed by atoms with Gasteiger partial charge >= 0.3 is 0 Å². The number of aldehydes is 1. The van der Waals surface area contributed by atoms with Gasteiger partial charge in [-0.2, -0.15) is 0 Å². The highest BCUT2D eigenvalue weighted by molar-refractivity contribution is 6.31. The first-order chi connectivity index (χ1) is 5.11. The summed E-state index contributed by atoms with van der Waals surface area (Å²) in [5.74, 6) is 0.279. The maximum Gasteiger partial charge on any atom is 0.153 e. The molecule has 60 valence electrons. The highest BCUT2D eigenvalue weighted by Gasteiger charge is 1.99. The first-order valence-electron chi connectivity index (χ1n) is 2.86. The Morgan fingerprint density at radius 1 is 1.55 bits per heavy atom. The number of halogens is 1. The lowest BCUT2D eigenvalue weighted by atomic mass is 10.2. The van der Waals surface area contributed by atoms with E-state index in [1.54, 1.807) is 0 Å². The molecule has 0 saturated heterocycles. The number of carbonyl (C=O) groups is 1. The number of allylic oxidation sites excluding steroid dienone is 3. The zero-order valence-corrected chi connectivity index (χ0v) is 7.02. The van der Waals surface area contributed by atoms with Crippen molar-refractivity contribution in [2.24, 2.45) is 0 Å². The first-order valence-corrected chi connectivity index (χ1v) is 3.24. The minimum atomic E-state index is 0.269. The average molecular weight is 173 g/mol. The van der Waals surface area contributed by atoms with Gasteiger partial charge in [0.25, 0.3) is 0 Å². The van der Waals surface area contributed by atoms with E-state index in [0.29, 0.717) is 11.9 Å². The minimum absolute atomic E-state index is 0.269. The molecule has 0 atom stereocenters. The van der Waals surface area contributed by atoms with E-state index in [-0.39, 0.29) is 10.8 Å². The largest absolute Gasteiger partial charge is 0.497 e. The highest BCUT2D eigenvalue weighted by Crippen LogP contribution is 2.10. The van der Waals surface area contributed by atoms with Gasteiger partial charge in [-0.15, -0.1) is 0 Å². The predicted molar refractivity (Wildman–Crippen MR) is 45.3 cm³/mol. The summed E-state index contributed by atoms with van der Waals surface area (Å²) in [4.78, 5) is 10.3. The first kappa shape index (κ1) is 9.98. The van der Waals surface area contributed by atoms with Crippen LogP contribution >= 0.6 is 11.6 Å². The molecule has 0 N–H and O–H groups in total. The van der Waals surface area contributed by atoms with E-state index in [9.17, 15) is 4.79 Å². The van der Waals surface area contributed by atoms with Crippen LogP contribution in [-0.4, -0.2) is 13.4 Å². The lowest BCUT2D eigenvalue weighted by molar-refractivity contribution is -0.104. The zero-order valence-electron chi connectivity index (χ0n) is 6.26. The van der Waals surface area contributed by atoms with E-state index in [1.807, 2.05) is 0 Å². The van der Waals surface area contributed by atoms with Crippen molar-refractivity contribution in [1.29, 1.82) is 0 Å². The van der Waals surface area contributed by atoms with E-state index in [0.717, 1.165) is 0 Å². The number of methoxy groups -OCH3 is 1. The molecule has 0 spiro atoms. The van der Waals surface area contributed by atoms with Crippen LogP contribution in [0, 0.1) is 0 Å². The van der Waals surface area contributed by atoms with Gasteiger partial charge in [0, 0.05) is 5.03 Å². The fourth-order valence-electron chi connectivity index (χ4n) is 0.467. The Labute approximate surface area is 70.8 Å². The van der Waals surface area contributed by atoms with E-state index in [1.165, 1.54) is 13.2 Å². The third kappa shape index (κ3) is 3.63. The molecule has 0 unspecified atom stereocenters. The molecule has 0 aliphatic rings. The molecule has 0 fully saturated rings. The van der Waals surface area contributed by atoms with Gasteiger partial charge in [0.2, 0.25) is 0 Å². The summed E-state index contributed by atoms with van der Waals surface area (Å²) in [5.41, 5.74) is 0.299. The normalized spacial score (nSPS) is 10.5. The lowest BCUT2D eigenvalue weighted by Crippen LogP contribution is -1.91. The SMILES string of the molecule is C=C(Cl)/C=C(/C=O)C(=C)OC. The third-order valence-corrected chi connectivity index (χ3v) is 1.12. The quantitative estimate of drug-likeness (QED) is 0.281. The molecule has 0 radical (unpaired) electrons. The Morgan fingerprint density at radius 2 is 2.09 bits per heavy atom. The minimum Gasteiger partial charge on any atom is -0.497 e. The van der Waals surface area contributed by atoms with E-state index in [4.69, 9.17) is 16.3 Å². The zero-order chi connectivity index (χ0) is 8.85. The van der Waals surface area contributed by atoms with Gasteiger partial charge in [-0.3, -0.25) is 4.79 Å². The standard InChI is InChI=1S/C8H9ClO2/c1-6(9)4-8(5-10)7(2)11-3/h4-5H,1-2H2,3H3/b8-4-. The van der Waals surface area contributed by atoms with Crippen LogP contribution in [0.25, 0.3) is 0 Å². The molecule has 0 aromatic heterocycles. The van der Waals surface area contributed by atoms with Crippen LogP contribution in [0.5, 0.6) is 0 Å². The van der Waals surface area contributed by atoms with Gasteiger partial charge in [0.1, 0.15) is 5.76 Å². The molecule has 2 nitrogen and oxygen atoms in total. The van der Waals surface area contributed by atoms with E-state index < -0.39 is 0 Å². The van der Waals surface area contributed by atoms with Crippen molar-refractivity contribution in [3.05, 3.63) is 35.6 Å². The monoisotopic (exact) mass is 172 g/mol. The predicted octanol–water partition coefficient (Wildman–Crippen LogP) is 2.02. The van der Waals surface area contributed by atoms with E-state index >= 15 is 0 Å². The molecule has 0 aliphatic heterocycles. The van der Waals surface area contributed by atoms with Crippen molar-refractivity contribution in [2.45, 2.75) is 0 Å². The molecule has 0 aromatic rings. The van der Waals surface area contributed by atoms with Crippen LogP contribution < -0.4 is 0 Å². The molecule has 11 heavy (non-hydrogen) atoms. The third-order valence-electron chi connectivity index (χ3n) is 1.01. The van der Waals surface area contributed by atoms with Crippen molar-refractivity contribution >= 4 is 17.9 Å². The Balaban J connectivity index is 4.52. The van der Waals surface area contributed by atoms with Gasteiger partial charge in [-0.05, 0) is 6.08 Å². The van der Waals surface area contributed by atoms with Crippen LogP contribution in [-0.2, 0) is 9.53 Å². The molecule has 0 amide bonds. The number of carbonyl (C=O) groups excluding carboxylic acids is 1. The number of rotatable bonds is 4. The van der Waals surface area contributed by atoms with Gasteiger partial charge < -0.3 is 4.74 Å². The Morgan fingerprint density at radius 3 is 2.36 bits per heavy atom. The number of ether oxygens (including phenoxy) is 1. The molecule has 0 bridgehead atoms. The second-order valence-corrected chi connectivity index (χ2v) is 2.28. The van der Waals surface area contributed by atoms with Crippen LogP contribution in [0.4, 0.5) is 0 Å². The summed E-state index contributed by atoms with van der Waals surface area (Å²) in [7, 11) is 1.43. The van der Waals surface area contributed by atoms with Crippen molar-refractivity contribution in [2.75, 3.05) is 7.11 Å². The van der Waals surface area contributed by atoms with Crippen LogP contribution in [0.1, 0.15) is 0 Å². The fourth-order valence-corrected chi connectivity index (χ4v) is 0.584. The molecule has 3 heteroatoms. The summed E-state index contributed by atoms with van der Waals surface area (Å²) < 4.78 is 4.71. The molecule has 0 aromatic carbocycles. The molecule has 0 heterocycles. The Hall–Kier alpha value is -1.02. The average Bonchev–Trinajstić information content (AvgIpc) is 1.98. The van der Waals surface area contributed by atoms with Crippen molar-refractivity contribution in [3.8, 4) is 0 Å². The fraction of sp³-hybridized carbons (Fsp3) is 0.125.